The van der Waals surface area contributed by atoms with Crippen molar-refractivity contribution in [1.82, 2.24) is 20.3 Å². The van der Waals surface area contributed by atoms with E-state index in [1.165, 1.54) is 6.07 Å². The van der Waals surface area contributed by atoms with E-state index >= 15 is 0 Å². The minimum atomic E-state index is -0.516. The number of methoxy groups -OCH3 is 1. The minimum absolute atomic E-state index is 0.00602. The number of H-pyrrole nitrogens is 1. The fourth-order valence-corrected chi connectivity index (χ4v) is 2.73. The average Bonchev–Trinajstić information content (AvgIpc) is 3.15. The van der Waals surface area contributed by atoms with Gasteiger partial charge in [0.15, 0.2) is 11.2 Å². The molecule has 28 heavy (non-hydrogen) atoms. The first-order chi connectivity index (χ1) is 13.6. The van der Waals surface area contributed by atoms with Crippen LogP contribution >= 0.6 is 0 Å². The maximum Gasteiger partial charge on any atom is 0.261 e. The Labute approximate surface area is 159 Å². The van der Waals surface area contributed by atoms with Crippen molar-refractivity contribution in [1.29, 1.82) is 0 Å². The number of ether oxygens (including phenoxy) is 1. The molecule has 0 aliphatic carbocycles. The van der Waals surface area contributed by atoms with E-state index in [0.29, 0.717) is 22.8 Å². The van der Waals surface area contributed by atoms with Gasteiger partial charge in [0.05, 0.1) is 13.7 Å². The third-order valence-electron chi connectivity index (χ3n) is 4.16. The Bertz CT molecular complexity index is 1160. The van der Waals surface area contributed by atoms with Crippen LogP contribution in [0.3, 0.4) is 0 Å². The number of hydrogen-bond acceptors (Lipinski definition) is 6. The molecule has 0 saturated carbocycles. The van der Waals surface area contributed by atoms with Crippen LogP contribution in [0.1, 0.15) is 16.2 Å². The highest BCUT2D eigenvalue weighted by Gasteiger charge is 2.13. The molecule has 8 heteroatoms. The van der Waals surface area contributed by atoms with Gasteiger partial charge in [-0.05, 0) is 54.1 Å². The summed E-state index contributed by atoms with van der Waals surface area (Å²) in [6, 6.07) is 13.9. The Balaban J connectivity index is 1.48. The summed E-state index contributed by atoms with van der Waals surface area (Å²) in [6.07, 6.45) is 1.61. The zero-order chi connectivity index (χ0) is 19.5. The number of pyridine rings is 2. The third kappa shape index (κ3) is 3.48. The van der Waals surface area contributed by atoms with Gasteiger partial charge < -0.3 is 19.5 Å². The molecule has 0 aliphatic rings. The third-order valence-corrected chi connectivity index (χ3v) is 4.16. The monoisotopic (exact) mass is 376 g/mol. The first kappa shape index (κ1) is 17.5. The van der Waals surface area contributed by atoms with Gasteiger partial charge in [0, 0.05) is 11.9 Å². The van der Waals surface area contributed by atoms with Gasteiger partial charge in [0.1, 0.15) is 11.3 Å². The van der Waals surface area contributed by atoms with Crippen LogP contribution in [-0.2, 0) is 6.54 Å². The molecule has 0 saturated heterocycles. The van der Waals surface area contributed by atoms with Crippen molar-refractivity contribution in [3.8, 4) is 17.0 Å². The van der Waals surface area contributed by atoms with Gasteiger partial charge in [-0.15, -0.1) is 0 Å². The van der Waals surface area contributed by atoms with Gasteiger partial charge in [-0.3, -0.25) is 9.59 Å². The number of carbonyl (C=O) groups is 1. The van der Waals surface area contributed by atoms with Crippen LogP contribution in [0.5, 0.6) is 5.75 Å². The molecule has 0 unspecified atom stereocenters. The van der Waals surface area contributed by atoms with E-state index in [1.54, 1.807) is 43.6 Å². The van der Waals surface area contributed by atoms with Crippen molar-refractivity contribution in [2.24, 2.45) is 0 Å². The highest BCUT2D eigenvalue weighted by molar-refractivity contribution is 5.94. The van der Waals surface area contributed by atoms with Gasteiger partial charge in [-0.25, -0.2) is 4.98 Å². The molecule has 0 radical (unpaired) electrons. The molecular formula is C20H16N4O4. The van der Waals surface area contributed by atoms with Crippen molar-refractivity contribution in [3.05, 3.63) is 76.5 Å². The summed E-state index contributed by atoms with van der Waals surface area (Å²) < 4.78 is 10.6. The van der Waals surface area contributed by atoms with Crippen LogP contribution in [0.2, 0.25) is 0 Å². The molecule has 3 heterocycles. The second-order valence-electron chi connectivity index (χ2n) is 5.96. The Hall–Kier alpha value is -3.94. The molecule has 0 fully saturated rings. The van der Waals surface area contributed by atoms with Gasteiger partial charge in [0.25, 0.3) is 11.5 Å². The summed E-state index contributed by atoms with van der Waals surface area (Å²) in [5.41, 5.74) is 1.94. The summed E-state index contributed by atoms with van der Waals surface area (Å²) in [5, 5.41) is 2.63. The molecule has 4 rings (SSSR count). The second kappa shape index (κ2) is 7.36. The quantitative estimate of drug-likeness (QED) is 0.554. The molecule has 3 aromatic heterocycles. The van der Waals surface area contributed by atoms with Crippen LogP contribution < -0.4 is 15.6 Å². The van der Waals surface area contributed by atoms with Gasteiger partial charge >= 0.3 is 0 Å². The summed E-state index contributed by atoms with van der Waals surface area (Å²) >= 11 is 0. The number of nitrogens with zero attached hydrogens (tertiary/aromatic N) is 2. The first-order valence-electron chi connectivity index (χ1n) is 8.50. The lowest BCUT2D eigenvalue weighted by Gasteiger charge is -2.06. The van der Waals surface area contributed by atoms with E-state index in [-0.39, 0.29) is 12.1 Å². The Morgan fingerprint density at radius 2 is 2.00 bits per heavy atom. The highest BCUT2D eigenvalue weighted by Crippen LogP contribution is 2.19. The summed E-state index contributed by atoms with van der Waals surface area (Å²) in [6.45, 7) is 0.0505. The normalized spacial score (nSPS) is 10.8. The Kier molecular flexibility index (Phi) is 4.59. The van der Waals surface area contributed by atoms with Crippen molar-refractivity contribution in [2.45, 2.75) is 6.54 Å². The summed E-state index contributed by atoms with van der Waals surface area (Å²) in [7, 11) is 1.58. The predicted octanol–water partition coefficient (Wildman–Crippen LogP) is 2.52. The molecule has 0 spiro atoms. The molecule has 0 bridgehead atoms. The number of amides is 1. The van der Waals surface area contributed by atoms with Crippen molar-refractivity contribution in [2.75, 3.05) is 7.11 Å². The number of nitrogens with one attached hydrogen (secondary N) is 2. The summed E-state index contributed by atoms with van der Waals surface area (Å²) in [4.78, 5) is 35.7. The average molecular weight is 376 g/mol. The topological polar surface area (TPSA) is 110 Å². The standard InChI is InChI=1S/C20H16N4O4/c1-27-13-6-4-12(5-7-13)15-9-8-14(20(26)23-15)19(25)22-11-17-24-18-16(28-17)3-2-10-21-18/h2-10H,11H2,1H3,(H,22,25)(H,23,26). The van der Waals surface area contributed by atoms with E-state index in [4.69, 9.17) is 9.15 Å². The number of carbonyl (C=O) groups excluding carboxylic acids is 1. The number of hydrogen-bond donors (Lipinski definition) is 2. The minimum Gasteiger partial charge on any atom is -0.497 e. The van der Waals surface area contributed by atoms with E-state index in [0.717, 1.165) is 11.3 Å². The number of fused-ring (bicyclic) bond motifs is 1. The fourth-order valence-electron chi connectivity index (χ4n) is 2.73. The van der Waals surface area contributed by atoms with Crippen LogP contribution in [0.15, 0.2) is 63.9 Å². The van der Waals surface area contributed by atoms with Gasteiger partial charge in [-0.2, -0.15) is 4.98 Å². The second-order valence-corrected chi connectivity index (χ2v) is 5.96. The lowest BCUT2D eigenvalue weighted by atomic mass is 10.1. The molecule has 1 amide bonds. The zero-order valence-electron chi connectivity index (χ0n) is 14.9. The molecular weight excluding hydrogens is 360 g/mol. The van der Waals surface area contributed by atoms with Gasteiger partial charge in [-0.1, -0.05) is 0 Å². The molecule has 1 aromatic carbocycles. The first-order valence-corrected chi connectivity index (χ1v) is 8.50. The molecule has 4 aromatic rings. The molecule has 0 aliphatic heterocycles. The van der Waals surface area contributed by atoms with E-state index in [9.17, 15) is 9.59 Å². The maximum absolute atomic E-state index is 12.4. The van der Waals surface area contributed by atoms with E-state index in [2.05, 4.69) is 20.3 Å². The lowest BCUT2D eigenvalue weighted by Crippen LogP contribution is -2.29. The van der Waals surface area contributed by atoms with E-state index in [1.807, 2.05) is 12.1 Å². The Morgan fingerprint density at radius 1 is 1.18 bits per heavy atom. The SMILES string of the molecule is COc1ccc(-c2ccc(C(=O)NCc3nc4ncccc4o3)c(=O)[nH]2)cc1. The van der Waals surface area contributed by atoms with Crippen LogP contribution in [-0.4, -0.2) is 28.0 Å². The number of benzene rings is 1. The van der Waals surface area contributed by atoms with Crippen LogP contribution in [0.25, 0.3) is 22.5 Å². The predicted molar refractivity (Wildman–Crippen MR) is 102 cm³/mol. The maximum atomic E-state index is 12.4. The molecule has 140 valence electrons. The molecule has 0 atom stereocenters. The number of rotatable bonds is 5. The number of aromatic nitrogens is 3. The Morgan fingerprint density at radius 3 is 2.71 bits per heavy atom. The van der Waals surface area contributed by atoms with Crippen LogP contribution in [0, 0.1) is 0 Å². The van der Waals surface area contributed by atoms with E-state index < -0.39 is 11.5 Å². The zero-order valence-corrected chi connectivity index (χ0v) is 14.9. The smallest absolute Gasteiger partial charge is 0.261 e. The number of aromatic amines is 1. The lowest BCUT2D eigenvalue weighted by molar-refractivity contribution is 0.0946. The molecule has 8 nitrogen and oxygen atoms in total. The molecule has 2 N–H and O–H groups in total. The highest BCUT2D eigenvalue weighted by atomic mass is 16.5. The van der Waals surface area contributed by atoms with Crippen molar-refractivity contribution in [3.63, 3.8) is 0 Å². The number of oxazole rings is 1. The fraction of sp³-hybridized carbons (Fsp3) is 0.100. The largest absolute Gasteiger partial charge is 0.497 e. The summed E-state index contributed by atoms with van der Waals surface area (Å²) in [5.74, 6) is 0.516. The van der Waals surface area contributed by atoms with Crippen molar-refractivity contribution >= 4 is 17.1 Å². The van der Waals surface area contributed by atoms with Gasteiger partial charge in [0.2, 0.25) is 5.89 Å². The van der Waals surface area contributed by atoms with Crippen molar-refractivity contribution < 1.29 is 13.9 Å². The van der Waals surface area contributed by atoms with Crippen LogP contribution in [0.4, 0.5) is 0 Å².